The number of likely N-dealkylation sites (N-methyl/N-ethyl adjacent to an activating group) is 1. The van der Waals surface area contributed by atoms with Gasteiger partial charge in [0.1, 0.15) is 6.54 Å². The molecule has 0 saturated heterocycles. The number of carbonyl (C=O) groups is 2. The summed E-state index contributed by atoms with van der Waals surface area (Å²) in [5.74, 6) is -1.50. The Kier molecular flexibility index (Phi) is 16.8. The molecule has 1 atom stereocenters. The summed E-state index contributed by atoms with van der Waals surface area (Å²) in [6, 6.07) is 0. The van der Waals surface area contributed by atoms with E-state index in [-0.39, 0.29) is 12.4 Å². The zero-order chi connectivity index (χ0) is 22.7. The Bertz CT molecular complexity index is 544. The van der Waals surface area contributed by atoms with E-state index < -0.39 is 12.1 Å². The summed E-state index contributed by atoms with van der Waals surface area (Å²) in [5, 5.41) is 10.9. The van der Waals surface area contributed by atoms with E-state index in [1.54, 1.807) is 0 Å². The van der Waals surface area contributed by atoms with E-state index in [0.717, 1.165) is 44.9 Å². The Labute approximate surface area is 184 Å². The lowest BCUT2D eigenvalue weighted by Gasteiger charge is -2.29. The van der Waals surface area contributed by atoms with Gasteiger partial charge in [-0.25, -0.2) is 0 Å². The van der Waals surface area contributed by atoms with Gasteiger partial charge >= 0.3 is 5.97 Å². The number of nitrogens with zero attached hydrogens (tertiary/aromatic N) is 1. The standard InChI is InChI=1S/C25H43NO4/c1-5-6-7-8-9-10-11-12-13-14-15-16-17-18-19-20-25(29)30-23(21-24(27)28)22-26(2,3)4/h8-13,23H,5-7,14-22H2,1-4H3/b9-8+,11-10+,13-12+. The first-order chi connectivity index (χ1) is 14.2. The van der Waals surface area contributed by atoms with Gasteiger partial charge in [-0.1, -0.05) is 75.5 Å². The highest BCUT2D eigenvalue weighted by Crippen LogP contribution is 2.11. The van der Waals surface area contributed by atoms with Gasteiger partial charge < -0.3 is 19.1 Å². The highest BCUT2D eigenvalue weighted by Gasteiger charge is 2.22. The van der Waals surface area contributed by atoms with Crippen molar-refractivity contribution in [1.29, 1.82) is 0 Å². The number of carboxylic acids is 1. The molecule has 0 aromatic rings. The fourth-order valence-electron chi connectivity index (χ4n) is 3.05. The van der Waals surface area contributed by atoms with E-state index in [1.165, 1.54) is 12.8 Å². The Hall–Kier alpha value is -1.88. The third-order valence-electron chi connectivity index (χ3n) is 4.53. The molecule has 0 aromatic heterocycles. The van der Waals surface area contributed by atoms with Crippen LogP contribution in [0.4, 0.5) is 0 Å². The quantitative estimate of drug-likeness (QED) is 0.143. The summed E-state index contributed by atoms with van der Waals surface area (Å²) in [4.78, 5) is 22.9. The number of rotatable bonds is 18. The van der Waals surface area contributed by atoms with Crippen LogP contribution in [0.1, 0.15) is 77.6 Å². The number of quaternary nitrogens is 1. The van der Waals surface area contributed by atoms with E-state index in [4.69, 9.17) is 4.74 Å². The van der Waals surface area contributed by atoms with Crippen LogP contribution in [0.2, 0.25) is 0 Å². The lowest BCUT2D eigenvalue weighted by molar-refractivity contribution is -0.873. The lowest BCUT2D eigenvalue weighted by atomic mass is 10.1. The first-order valence-corrected chi connectivity index (χ1v) is 11.4. The van der Waals surface area contributed by atoms with Crippen LogP contribution < -0.4 is 5.11 Å². The average Bonchev–Trinajstić information content (AvgIpc) is 2.63. The maximum Gasteiger partial charge on any atom is 0.306 e. The van der Waals surface area contributed by atoms with Gasteiger partial charge in [-0.15, -0.1) is 0 Å². The lowest BCUT2D eigenvalue weighted by Crippen LogP contribution is -2.45. The number of ether oxygens (including phenoxy) is 1. The number of carboxylic acid groups (broad SMARTS) is 1. The zero-order valence-corrected chi connectivity index (χ0v) is 19.6. The Morgan fingerprint density at radius 2 is 1.43 bits per heavy atom. The van der Waals surface area contributed by atoms with Gasteiger partial charge in [0.2, 0.25) is 0 Å². The van der Waals surface area contributed by atoms with E-state index >= 15 is 0 Å². The molecule has 0 radical (unpaired) electrons. The minimum atomic E-state index is -1.19. The molecule has 0 N–H and O–H groups in total. The van der Waals surface area contributed by atoms with Crippen molar-refractivity contribution < 1.29 is 23.9 Å². The van der Waals surface area contributed by atoms with Crippen LogP contribution in [0.25, 0.3) is 0 Å². The molecule has 0 heterocycles. The van der Waals surface area contributed by atoms with Gasteiger partial charge in [0, 0.05) is 18.8 Å². The van der Waals surface area contributed by atoms with Crippen LogP contribution in [0, 0.1) is 0 Å². The molecule has 0 aliphatic heterocycles. The van der Waals surface area contributed by atoms with Crippen LogP contribution in [0.3, 0.4) is 0 Å². The number of hydrogen-bond donors (Lipinski definition) is 0. The zero-order valence-electron chi connectivity index (χ0n) is 19.6. The molecule has 30 heavy (non-hydrogen) atoms. The first kappa shape index (κ1) is 28.1. The molecular formula is C25H43NO4. The maximum absolute atomic E-state index is 12.0. The van der Waals surface area contributed by atoms with Crippen molar-refractivity contribution in [1.82, 2.24) is 0 Å². The van der Waals surface area contributed by atoms with Gasteiger partial charge in [-0.2, -0.15) is 0 Å². The number of unbranched alkanes of at least 4 members (excludes halogenated alkanes) is 7. The molecule has 0 aliphatic rings. The first-order valence-electron chi connectivity index (χ1n) is 11.4. The van der Waals surface area contributed by atoms with E-state index in [1.807, 2.05) is 21.1 Å². The maximum atomic E-state index is 12.0. The summed E-state index contributed by atoms with van der Waals surface area (Å²) >= 11 is 0. The molecule has 1 unspecified atom stereocenters. The largest absolute Gasteiger partial charge is 0.550 e. The highest BCUT2D eigenvalue weighted by molar-refractivity contribution is 5.70. The van der Waals surface area contributed by atoms with Crippen LogP contribution in [0.5, 0.6) is 0 Å². The average molecular weight is 422 g/mol. The van der Waals surface area contributed by atoms with Crippen molar-refractivity contribution in [2.75, 3.05) is 27.7 Å². The fraction of sp³-hybridized carbons (Fsp3) is 0.680. The summed E-state index contributed by atoms with van der Waals surface area (Å²) in [6.07, 6.45) is 22.1. The molecule has 0 bridgehead atoms. The molecule has 5 nitrogen and oxygen atoms in total. The molecule has 0 aliphatic carbocycles. The van der Waals surface area contributed by atoms with Crippen LogP contribution in [0.15, 0.2) is 36.5 Å². The normalized spacial score (nSPS) is 13.5. The van der Waals surface area contributed by atoms with Gasteiger partial charge in [0.15, 0.2) is 6.10 Å². The van der Waals surface area contributed by atoms with Gasteiger partial charge in [0.25, 0.3) is 0 Å². The molecule has 0 spiro atoms. The van der Waals surface area contributed by atoms with Gasteiger partial charge in [-0.3, -0.25) is 4.79 Å². The Morgan fingerprint density at radius 3 is 2.00 bits per heavy atom. The van der Waals surface area contributed by atoms with Gasteiger partial charge in [0.05, 0.1) is 21.1 Å². The van der Waals surface area contributed by atoms with Gasteiger partial charge in [-0.05, 0) is 25.7 Å². The topological polar surface area (TPSA) is 66.4 Å². The van der Waals surface area contributed by atoms with Crippen molar-refractivity contribution in [3.05, 3.63) is 36.5 Å². The van der Waals surface area contributed by atoms with Crippen molar-refractivity contribution in [2.45, 2.75) is 83.7 Å². The fourth-order valence-corrected chi connectivity index (χ4v) is 3.05. The molecule has 5 heteroatoms. The molecule has 0 saturated carbocycles. The number of esters is 1. The monoisotopic (exact) mass is 421 g/mol. The number of aliphatic carboxylic acids is 1. The SMILES string of the molecule is CCCC/C=C/C=C/C=C/CCCCCCCC(=O)OC(CC(=O)[O-])C[N+](C)(C)C. The van der Waals surface area contributed by atoms with Crippen molar-refractivity contribution in [3.63, 3.8) is 0 Å². The van der Waals surface area contributed by atoms with E-state index in [9.17, 15) is 14.7 Å². The molecule has 0 amide bonds. The Balaban J connectivity index is 3.78. The number of allylic oxidation sites excluding steroid dienone is 6. The Morgan fingerprint density at radius 1 is 0.867 bits per heavy atom. The minimum absolute atomic E-state index is 0.251. The molecular weight excluding hydrogens is 378 g/mol. The number of carbonyl (C=O) groups excluding carboxylic acids is 2. The van der Waals surface area contributed by atoms with Crippen molar-refractivity contribution in [2.24, 2.45) is 0 Å². The molecule has 0 rings (SSSR count). The van der Waals surface area contributed by atoms with E-state index in [2.05, 4.69) is 43.4 Å². The minimum Gasteiger partial charge on any atom is -0.550 e. The smallest absolute Gasteiger partial charge is 0.306 e. The second-order valence-electron chi connectivity index (χ2n) is 8.85. The predicted octanol–water partition coefficient (Wildman–Crippen LogP) is 4.33. The van der Waals surface area contributed by atoms with Crippen molar-refractivity contribution in [3.8, 4) is 0 Å². The highest BCUT2D eigenvalue weighted by atomic mass is 16.5. The predicted molar refractivity (Wildman–Crippen MR) is 122 cm³/mol. The summed E-state index contributed by atoms with van der Waals surface area (Å²) in [5.41, 5.74) is 0. The van der Waals surface area contributed by atoms with Crippen molar-refractivity contribution >= 4 is 11.9 Å². The third-order valence-corrected chi connectivity index (χ3v) is 4.53. The second kappa shape index (κ2) is 17.9. The number of hydrogen-bond acceptors (Lipinski definition) is 4. The third kappa shape index (κ3) is 20.8. The van der Waals surface area contributed by atoms with E-state index in [0.29, 0.717) is 17.4 Å². The van der Waals surface area contributed by atoms with Crippen LogP contribution in [-0.4, -0.2) is 50.2 Å². The molecule has 0 fully saturated rings. The summed E-state index contributed by atoms with van der Waals surface area (Å²) in [7, 11) is 5.81. The summed E-state index contributed by atoms with van der Waals surface area (Å²) < 4.78 is 5.89. The molecule has 172 valence electrons. The van der Waals surface area contributed by atoms with Crippen LogP contribution in [-0.2, 0) is 14.3 Å². The second-order valence-corrected chi connectivity index (χ2v) is 8.85. The van der Waals surface area contributed by atoms with Crippen LogP contribution >= 0.6 is 0 Å². The molecule has 0 aromatic carbocycles. The summed E-state index contributed by atoms with van der Waals surface area (Å²) in [6.45, 7) is 2.66.